The Morgan fingerprint density at radius 3 is 2.45 bits per heavy atom. The quantitative estimate of drug-likeness (QED) is 0.747. The number of para-hydroxylation sites is 2. The van der Waals surface area contributed by atoms with Crippen LogP contribution >= 0.6 is 0 Å². The van der Waals surface area contributed by atoms with Gasteiger partial charge in [-0.3, -0.25) is 9.10 Å². The minimum absolute atomic E-state index is 0.140. The van der Waals surface area contributed by atoms with Gasteiger partial charge in [0.05, 0.1) is 36.2 Å². The summed E-state index contributed by atoms with van der Waals surface area (Å²) in [6, 6.07) is 11.2. The molecule has 3 rings (SSSR count). The van der Waals surface area contributed by atoms with Crippen LogP contribution in [0.4, 0.5) is 18.9 Å². The second kappa shape index (κ2) is 8.42. The number of benzene rings is 2. The summed E-state index contributed by atoms with van der Waals surface area (Å²) < 4.78 is 74.2. The first kappa shape index (κ1) is 22.3. The molecule has 0 radical (unpaired) electrons. The monoisotopic (exact) mass is 453 g/mol. The van der Waals surface area contributed by atoms with E-state index in [1.165, 1.54) is 26.2 Å². The van der Waals surface area contributed by atoms with Crippen molar-refractivity contribution in [3.8, 4) is 5.75 Å². The molecular formula is C20H18F3N3O4S. The summed E-state index contributed by atoms with van der Waals surface area (Å²) in [5.41, 5.74) is -1.27. The maximum absolute atomic E-state index is 13.2. The highest BCUT2D eigenvalue weighted by molar-refractivity contribution is 7.88. The van der Waals surface area contributed by atoms with Crippen molar-refractivity contribution >= 4 is 27.5 Å². The molecule has 0 fully saturated rings. The molecular weight excluding hydrogens is 435 g/mol. The van der Waals surface area contributed by atoms with Gasteiger partial charge in [-0.15, -0.1) is 4.40 Å². The highest BCUT2D eigenvalue weighted by atomic mass is 32.2. The normalized spacial score (nSPS) is 15.7. The molecule has 2 aromatic rings. The molecule has 31 heavy (non-hydrogen) atoms. The summed E-state index contributed by atoms with van der Waals surface area (Å²) >= 11 is 0. The van der Waals surface area contributed by atoms with E-state index >= 15 is 0 Å². The molecule has 0 unspecified atom stereocenters. The van der Waals surface area contributed by atoms with Crippen molar-refractivity contribution in [2.24, 2.45) is 4.40 Å². The van der Waals surface area contributed by atoms with Gasteiger partial charge in [-0.2, -0.15) is 21.6 Å². The topological polar surface area (TPSA) is 88.1 Å². The molecule has 0 aliphatic carbocycles. The van der Waals surface area contributed by atoms with Gasteiger partial charge >= 0.3 is 16.4 Å². The summed E-state index contributed by atoms with van der Waals surface area (Å²) in [5, 5.41) is 2.20. The second-order valence-corrected chi connectivity index (χ2v) is 8.10. The fourth-order valence-corrected chi connectivity index (χ4v) is 4.05. The highest BCUT2D eigenvalue weighted by Crippen LogP contribution is 2.35. The Bertz CT molecular complexity index is 1170. The Morgan fingerprint density at radius 2 is 1.77 bits per heavy atom. The van der Waals surface area contributed by atoms with Crippen LogP contribution < -0.4 is 10.1 Å². The molecule has 1 amide bonds. The zero-order valence-corrected chi connectivity index (χ0v) is 17.3. The van der Waals surface area contributed by atoms with Crippen molar-refractivity contribution in [3.63, 3.8) is 0 Å². The van der Waals surface area contributed by atoms with Crippen molar-refractivity contribution in [3.05, 3.63) is 71.4 Å². The van der Waals surface area contributed by atoms with Crippen LogP contribution in [0.5, 0.6) is 5.75 Å². The van der Waals surface area contributed by atoms with E-state index < -0.39 is 33.5 Å². The summed E-state index contributed by atoms with van der Waals surface area (Å²) in [5.74, 6) is -0.486. The number of anilines is 1. The Hall–Kier alpha value is -3.34. The molecule has 1 aliphatic heterocycles. The van der Waals surface area contributed by atoms with Crippen molar-refractivity contribution < 1.29 is 31.1 Å². The zero-order chi connectivity index (χ0) is 22.8. The highest BCUT2D eigenvalue weighted by Gasteiger charge is 2.34. The lowest BCUT2D eigenvalue weighted by atomic mass is 10.1. The number of carbonyl (C=O) groups excluding carboxylic acids is 1. The van der Waals surface area contributed by atoms with Gasteiger partial charge in [-0.05, 0) is 25.1 Å². The van der Waals surface area contributed by atoms with Gasteiger partial charge in [0.2, 0.25) is 0 Å². The van der Waals surface area contributed by atoms with E-state index in [-0.39, 0.29) is 17.8 Å². The van der Waals surface area contributed by atoms with E-state index in [1.54, 1.807) is 24.3 Å². The molecule has 11 heteroatoms. The summed E-state index contributed by atoms with van der Waals surface area (Å²) in [6.07, 6.45) is -3.62. The first-order valence-electron chi connectivity index (χ1n) is 8.93. The van der Waals surface area contributed by atoms with Crippen LogP contribution in [-0.2, 0) is 27.7 Å². The van der Waals surface area contributed by atoms with E-state index in [9.17, 15) is 26.4 Å². The average Bonchev–Trinajstić information content (AvgIpc) is 2.69. The van der Waals surface area contributed by atoms with Gasteiger partial charge in [-0.1, -0.05) is 30.3 Å². The largest absolute Gasteiger partial charge is 0.496 e. The van der Waals surface area contributed by atoms with Crippen LogP contribution in [0.15, 0.2) is 64.7 Å². The molecule has 0 saturated carbocycles. The molecule has 2 aromatic carbocycles. The number of rotatable bonds is 5. The lowest BCUT2D eigenvalue weighted by Crippen LogP contribution is -2.33. The van der Waals surface area contributed by atoms with Crippen LogP contribution in [0.1, 0.15) is 18.1 Å². The zero-order valence-electron chi connectivity index (χ0n) is 16.5. The summed E-state index contributed by atoms with van der Waals surface area (Å²) in [4.78, 5) is 12.7. The van der Waals surface area contributed by atoms with E-state index in [2.05, 4.69) is 9.71 Å². The number of nitrogens with one attached hydrogen (secondary N) is 1. The van der Waals surface area contributed by atoms with Crippen LogP contribution in [0.3, 0.4) is 0 Å². The molecule has 0 saturated heterocycles. The van der Waals surface area contributed by atoms with Crippen LogP contribution in [0.2, 0.25) is 0 Å². The third-order valence-electron chi connectivity index (χ3n) is 4.46. The van der Waals surface area contributed by atoms with Crippen molar-refractivity contribution in [2.75, 3.05) is 12.4 Å². The third kappa shape index (κ3) is 4.88. The number of alkyl halides is 3. The molecule has 0 bridgehead atoms. The number of halogens is 3. The molecule has 0 atom stereocenters. The number of ether oxygens (including phenoxy) is 1. The lowest BCUT2D eigenvalue weighted by Gasteiger charge is -2.24. The first-order valence-corrected chi connectivity index (χ1v) is 10.3. The lowest BCUT2D eigenvalue weighted by molar-refractivity contribution is -0.137. The SMILES string of the molecule is COc1ccccc1CN1C=C(C(=O)Nc2ccccc2C(F)(F)F)C(C)=NS1(=O)=O. The van der Waals surface area contributed by atoms with Gasteiger partial charge in [0.1, 0.15) is 5.75 Å². The minimum Gasteiger partial charge on any atom is -0.496 e. The second-order valence-electron chi connectivity index (χ2n) is 6.55. The number of methoxy groups -OCH3 is 1. The fraction of sp³-hybridized carbons (Fsp3) is 0.200. The molecule has 1 aliphatic rings. The Kier molecular flexibility index (Phi) is 6.07. The molecule has 1 heterocycles. The summed E-state index contributed by atoms with van der Waals surface area (Å²) in [7, 11) is -2.71. The van der Waals surface area contributed by atoms with Crippen LogP contribution in [0, 0.1) is 0 Å². The maximum Gasteiger partial charge on any atom is 0.418 e. The average molecular weight is 453 g/mol. The van der Waals surface area contributed by atoms with Crippen LogP contribution in [0.25, 0.3) is 0 Å². The summed E-state index contributed by atoms with van der Waals surface area (Å²) in [6.45, 7) is 1.11. The predicted octanol–water partition coefficient (Wildman–Crippen LogP) is 3.76. The number of amides is 1. The molecule has 0 aromatic heterocycles. The number of hydrogen-bond donors (Lipinski definition) is 1. The predicted molar refractivity (Wildman–Crippen MR) is 109 cm³/mol. The minimum atomic E-state index is -4.67. The molecule has 7 nitrogen and oxygen atoms in total. The van der Waals surface area contributed by atoms with Crippen molar-refractivity contribution in [1.29, 1.82) is 0 Å². The van der Waals surface area contributed by atoms with Crippen molar-refractivity contribution in [1.82, 2.24) is 4.31 Å². The smallest absolute Gasteiger partial charge is 0.418 e. The fourth-order valence-electron chi connectivity index (χ4n) is 2.96. The van der Waals surface area contributed by atoms with Gasteiger partial charge in [0.15, 0.2) is 0 Å². The van der Waals surface area contributed by atoms with E-state index in [4.69, 9.17) is 4.74 Å². The van der Waals surface area contributed by atoms with Gasteiger partial charge in [0, 0.05) is 11.8 Å². The Labute approximate surface area is 177 Å². The van der Waals surface area contributed by atoms with E-state index in [1.807, 2.05) is 0 Å². The van der Waals surface area contributed by atoms with Gasteiger partial charge < -0.3 is 10.1 Å². The molecule has 0 spiro atoms. The Balaban J connectivity index is 1.93. The van der Waals surface area contributed by atoms with Crippen LogP contribution in [-0.4, -0.2) is 31.5 Å². The number of nitrogens with zero attached hydrogens (tertiary/aromatic N) is 2. The van der Waals surface area contributed by atoms with E-state index in [0.717, 1.165) is 22.6 Å². The number of hydrogen-bond acceptors (Lipinski definition) is 4. The third-order valence-corrected chi connectivity index (χ3v) is 5.79. The van der Waals surface area contributed by atoms with E-state index in [0.29, 0.717) is 11.3 Å². The molecule has 1 N–H and O–H groups in total. The molecule has 164 valence electrons. The van der Waals surface area contributed by atoms with Gasteiger partial charge in [-0.25, -0.2) is 0 Å². The number of carbonyl (C=O) groups is 1. The van der Waals surface area contributed by atoms with Gasteiger partial charge in [0.25, 0.3) is 5.91 Å². The maximum atomic E-state index is 13.2. The standard InChI is InChI=1S/C20H18F3N3O4S/c1-13-15(19(27)24-17-9-5-4-8-16(17)20(21,22)23)12-26(31(28,29)25-13)11-14-7-3-6-10-18(14)30-2/h3-10,12H,11H2,1-2H3,(H,24,27). The van der Waals surface area contributed by atoms with Crippen molar-refractivity contribution in [2.45, 2.75) is 19.6 Å². The first-order chi connectivity index (χ1) is 14.5. The Morgan fingerprint density at radius 1 is 1.13 bits per heavy atom.